The zero-order valence-electron chi connectivity index (χ0n) is 20.7. The molecule has 34 heavy (non-hydrogen) atoms. The molecule has 188 valence electrons. The molecule has 3 fully saturated rings. The van der Waals surface area contributed by atoms with E-state index >= 15 is 0 Å². The van der Waals surface area contributed by atoms with Crippen molar-refractivity contribution < 1.29 is 22.8 Å². The maximum absolute atomic E-state index is 12.7. The zero-order valence-corrected chi connectivity index (χ0v) is 21.6. The Morgan fingerprint density at radius 1 is 1.12 bits per heavy atom. The lowest BCUT2D eigenvalue weighted by Gasteiger charge is -2.44. The lowest BCUT2D eigenvalue weighted by atomic mass is 9.61. The number of aliphatic hydroxyl groups is 2. The lowest BCUT2D eigenvalue weighted by molar-refractivity contribution is 0.0609. The van der Waals surface area contributed by atoms with Crippen LogP contribution in [0.5, 0.6) is 0 Å². The van der Waals surface area contributed by atoms with E-state index in [1.807, 2.05) is 6.92 Å². The third-order valence-electron chi connectivity index (χ3n) is 8.59. The third kappa shape index (κ3) is 5.51. The van der Waals surface area contributed by atoms with Crippen molar-refractivity contribution in [1.82, 2.24) is 0 Å². The van der Waals surface area contributed by atoms with Gasteiger partial charge in [0.1, 0.15) is 0 Å². The van der Waals surface area contributed by atoms with Crippen molar-refractivity contribution in [2.24, 2.45) is 23.2 Å². The van der Waals surface area contributed by atoms with E-state index in [1.54, 1.807) is 24.3 Å². The SMILES string of the molecule is Cc1ccc(S(=O)(=O)OCC(C)[C@H]2CC[C@H]3/C(=C/C=C4C[C@@H](O)C[C@@H](O)C4)CCC[C@]23C)cc1. The van der Waals surface area contributed by atoms with Crippen LogP contribution in [0.1, 0.15) is 70.8 Å². The van der Waals surface area contributed by atoms with E-state index < -0.39 is 22.3 Å². The van der Waals surface area contributed by atoms with Crippen LogP contribution >= 0.6 is 0 Å². The molecular formula is C28H40O5S. The Balaban J connectivity index is 1.43. The number of allylic oxidation sites excluding steroid dienone is 3. The average molecular weight is 489 g/mol. The van der Waals surface area contributed by atoms with Gasteiger partial charge < -0.3 is 10.2 Å². The molecule has 6 atom stereocenters. The molecule has 0 saturated heterocycles. The minimum Gasteiger partial charge on any atom is -0.393 e. The summed E-state index contributed by atoms with van der Waals surface area (Å²) < 4.78 is 30.9. The van der Waals surface area contributed by atoms with E-state index in [2.05, 4.69) is 26.0 Å². The van der Waals surface area contributed by atoms with Gasteiger partial charge in [-0.1, -0.05) is 54.8 Å². The fraction of sp³-hybridized carbons (Fsp3) is 0.643. The molecule has 0 aliphatic heterocycles. The van der Waals surface area contributed by atoms with Crippen LogP contribution < -0.4 is 0 Å². The minimum atomic E-state index is -3.75. The summed E-state index contributed by atoms with van der Waals surface area (Å²) in [5.41, 5.74) is 3.76. The molecule has 3 aliphatic rings. The second-order valence-corrected chi connectivity index (χ2v) is 12.8. The fourth-order valence-corrected chi connectivity index (χ4v) is 7.83. The van der Waals surface area contributed by atoms with Crippen molar-refractivity contribution in [3.63, 3.8) is 0 Å². The average Bonchev–Trinajstić information content (AvgIpc) is 3.13. The van der Waals surface area contributed by atoms with Crippen LogP contribution in [0.2, 0.25) is 0 Å². The highest BCUT2D eigenvalue weighted by molar-refractivity contribution is 7.86. The van der Waals surface area contributed by atoms with Gasteiger partial charge in [-0.15, -0.1) is 0 Å². The molecule has 4 rings (SSSR count). The highest BCUT2D eigenvalue weighted by atomic mass is 32.2. The van der Waals surface area contributed by atoms with Crippen LogP contribution in [0.25, 0.3) is 0 Å². The van der Waals surface area contributed by atoms with Gasteiger partial charge in [-0.3, -0.25) is 4.18 Å². The van der Waals surface area contributed by atoms with Crippen molar-refractivity contribution in [1.29, 1.82) is 0 Å². The summed E-state index contributed by atoms with van der Waals surface area (Å²) in [7, 11) is -3.75. The summed E-state index contributed by atoms with van der Waals surface area (Å²) in [5.74, 6) is 1.06. The summed E-state index contributed by atoms with van der Waals surface area (Å²) in [5, 5.41) is 20.0. The van der Waals surface area contributed by atoms with Crippen molar-refractivity contribution in [3.05, 3.63) is 53.1 Å². The first-order valence-corrected chi connectivity index (χ1v) is 14.2. The first-order valence-electron chi connectivity index (χ1n) is 12.8. The molecule has 0 bridgehead atoms. The molecule has 3 saturated carbocycles. The van der Waals surface area contributed by atoms with Gasteiger partial charge in [0.15, 0.2) is 0 Å². The molecule has 0 amide bonds. The topological polar surface area (TPSA) is 83.8 Å². The van der Waals surface area contributed by atoms with E-state index in [0.717, 1.165) is 43.2 Å². The zero-order chi connectivity index (χ0) is 24.5. The molecule has 3 aliphatic carbocycles. The van der Waals surface area contributed by atoms with Crippen LogP contribution in [0.4, 0.5) is 0 Å². The van der Waals surface area contributed by atoms with Crippen molar-refractivity contribution >= 4 is 10.1 Å². The molecule has 0 aromatic heterocycles. The van der Waals surface area contributed by atoms with Crippen LogP contribution in [0, 0.1) is 30.1 Å². The maximum Gasteiger partial charge on any atom is 0.296 e. The number of hydrogen-bond acceptors (Lipinski definition) is 5. The first-order chi connectivity index (χ1) is 16.1. The standard InChI is InChI=1S/C28H40O5S/c1-19-6-10-25(11-7-19)34(31,32)33-18-20(2)26-12-13-27-22(5-4-14-28(26,27)3)9-8-21-15-23(29)17-24(30)16-21/h6-11,20,23-24,26-27,29-30H,4-5,12-18H2,1-3H3/b21-8?,22-9+/t20?,23-,24+,26-,27+,28-/m1/s1. The third-order valence-corrected chi connectivity index (χ3v) is 9.89. The van der Waals surface area contributed by atoms with Gasteiger partial charge in [0.05, 0.1) is 23.7 Å². The van der Waals surface area contributed by atoms with Crippen molar-refractivity contribution in [2.45, 2.75) is 89.2 Å². The fourth-order valence-electron chi connectivity index (χ4n) is 6.83. The quantitative estimate of drug-likeness (QED) is 0.530. The van der Waals surface area contributed by atoms with Crippen LogP contribution in [0.15, 0.2) is 52.5 Å². The Morgan fingerprint density at radius 2 is 1.79 bits per heavy atom. The minimum absolute atomic E-state index is 0.143. The molecule has 1 aromatic rings. The number of aryl methyl sites for hydroxylation is 1. The monoisotopic (exact) mass is 488 g/mol. The molecule has 1 aromatic carbocycles. The summed E-state index contributed by atoms with van der Waals surface area (Å²) in [6, 6.07) is 6.81. The highest BCUT2D eigenvalue weighted by Crippen LogP contribution is 2.59. The van der Waals surface area contributed by atoms with E-state index in [0.29, 0.717) is 31.1 Å². The van der Waals surface area contributed by atoms with Gasteiger partial charge in [-0.2, -0.15) is 8.42 Å². The molecular weight excluding hydrogens is 448 g/mol. The van der Waals surface area contributed by atoms with Crippen LogP contribution in [-0.2, 0) is 14.3 Å². The number of aliphatic hydroxyl groups excluding tert-OH is 2. The summed E-state index contributed by atoms with van der Waals surface area (Å²) in [6.07, 6.45) is 10.9. The van der Waals surface area contributed by atoms with Crippen molar-refractivity contribution in [3.8, 4) is 0 Å². The molecule has 0 radical (unpaired) electrons. The highest BCUT2D eigenvalue weighted by Gasteiger charge is 2.50. The predicted octanol–water partition coefficient (Wildman–Crippen LogP) is 5.31. The Hall–Kier alpha value is -1.47. The predicted molar refractivity (Wildman–Crippen MR) is 134 cm³/mol. The maximum atomic E-state index is 12.7. The number of hydrogen-bond donors (Lipinski definition) is 2. The molecule has 1 unspecified atom stereocenters. The van der Waals surface area contributed by atoms with Crippen molar-refractivity contribution in [2.75, 3.05) is 6.61 Å². The van der Waals surface area contributed by atoms with E-state index in [-0.39, 0.29) is 22.8 Å². The van der Waals surface area contributed by atoms with Gasteiger partial charge in [-0.05, 0) is 93.6 Å². The smallest absolute Gasteiger partial charge is 0.296 e. The molecule has 0 spiro atoms. The van der Waals surface area contributed by atoms with Gasteiger partial charge in [0, 0.05) is 0 Å². The Bertz CT molecular complexity index is 1010. The second kappa shape index (κ2) is 10.3. The molecule has 0 heterocycles. The van der Waals surface area contributed by atoms with Gasteiger partial charge in [0.25, 0.3) is 10.1 Å². The van der Waals surface area contributed by atoms with Crippen LogP contribution in [-0.4, -0.2) is 37.4 Å². The van der Waals surface area contributed by atoms with E-state index in [1.165, 1.54) is 5.57 Å². The lowest BCUT2D eigenvalue weighted by Crippen LogP contribution is -2.37. The molecule has 5 nitrogen and oxygen atoms in total. The van der Waals surface area contributed by atoms with E-state index in [9.17, 15) is 18.6 Å². The van der Waals surface area contributed by atoms with Gasteiger partial charge in [-0.25, -0.2) is 0 Å². The Labute approximate surface area is 205 Å². The summed E-state index contributed by atoms with van der Waals surface area (Å²) >= 11 is 0. The second-order valence-electron chi connectivity index (χ2n) is 11.1. The summed E-state index contributed by atoms with van der Waals surface area (Å²) in [4.78, 5) is 0.217. The largest absolute Gasteiger partial charge is 0.393 e. The number of rotatable bonds is 6. The molecule has 2 N–H and O–H groups in total. The van der Waals surface area contributed by atoms with Crippen LogP contribution in [0.3, 0.4) is 0 Å². The Kier molecular flexibility index (Phi) is 7.73. The number of benzene rings is 1. The first kappa shape index (κ1) is 25.6. The van der Waals surface area contributed by atoms with Gasteiger partial charge >= 0.3 is 0 Å². The summed E-state index contributed by atoms with van der Waals surface area (Å²) in [6.45, 7) is 6.66. The normalized spacial score (nSPS) is 35.4. The van der Waals surface area contributed by atoms with E-state index in [4.69, 9.17) is 4.18 Å². The number of fused-ring (bicyclic) bond motifs is 1. The van der Waals surface area contributed by atoms with Gasteiger partial charge in [0.2, 0.25) is 0 Å². The Morgan fingerprint density at radius 3 is 2.47 bits per heavy atom. The molecule has 6 heteroatoms.